The molecule has 3 aromatic carbocycles. The number of nitrogens with zero attached hydrogens (tertiary/aromatic N) is 1. The van der Waals surface area contributed by atoms with Crippen LogP contribution in [-0.4, -0.2) is 31.2 Å². The fourth-order valence-electron chi connectivity index (χ4n) is 5.89. The highest BCUT2D eigenvalue weighted by Gasteiger charge is 2.35. The number of halogens is 4. The van der Waals surface area contributed by atoms with Gasteiger partial charge in [0.25, 0.3) is 0 Å². The van der Waals surface area contributed by atoms with Crippen molar-refractivity contribution in [2.45, 2.75) is 45.2 Å². The van der Waals surface area contributed by atoms with E-state index < -0.39 is 11.7 Å². The summed E-state index contributed by atoms with van der Waals surface area (Å²) in [6.45, 7) is 4.26. The average molecular weight is 508 g/mol. The second-order valence-corrected chi connectivity index (χ2v) is 10.5. The van der Waals surface area contributed by atoms with Crippen LogP contribution < -0.4 is 0 Å². The van der Waals surface area contributed by atoms with Crippen molar-refractivity contribution >= 4 is 11.1 Å². The van der Waals surface area contributed by atoms with Crippen LogP contribution in [0.1, 0.15) is 58.2 Å². The predicted molar refractivity (Wildman–Crippen MR) is 142 cm³/mol. The van der Waals surface area contributed by atoms with Crippen molar-refractivity contribution in [3.63, 3.8) is 0 Å². The average Bonchev–Trinajstić information content (AvgIpc) is 3.05. The van der Waals surface area contributed by atoms with E-state index in [1.165, 1.54) is 17.2 Å². The van der Waals surface area contributed by atoms with Gasteiger partial charge < -0.3 is 4.90 Å². The molecule has 1 heterocycles. The van der Waals surface area contributed by atoms with Crippen LogP contribution in [0, 0.1) is 12.8 Å². The Morgan fingerprint density at radius 3 is 2.38 bits per heavy atom. The van der Waals surface area contributed by atoms with Crippen LogP contribution in [0.5, 0.6) is 0 Å². The normalized spacial score (nSPS) is 16.9. The standard InChI is InChI=1S/C32H33F4N/c1-22-10-15-28(30(18-22)32(34,35)36)29-9-4-7-25-6-2-3-8-27(25)31(29)26-13-11-23(12-14-26)19-24-20-37(21-24)17-5-16-33/h2-3,6,8,10-15,18,24H,4-5,7,9,16-17,19-21H2,1H3. The zero-order valence-electron chi connectivity index (χ0n) is 21.3. The Balaban J connectivity index is 1.53. The molecule has 1 aliphatic carbocycles. The van der Waals surface area contributed by atoms with Crippen LogP contribution in [0.3, 0.4) is 0 Å². The highest BCUT2D eigenvalue weighted by atomic mass is 19.4. The molecule has 0 aromatic heterocycles. The first-order valence-electron chi connectivity index (χ1n) is 13.2. The molecule has 1 aliphatic heterocycles. The molecule has 5 rings (SSSR count). The lowest BCUT2D eigenvalue weighted by Gasteiger charge is -2.39. The van der Waals surface area contributed by atoms with Gasteiger partial charge in [-0.15, -0.1) is 0 Å². The third kappa shape index (κ3) is 5.67. The number of alkyl halides is 4. The van der Waals surface area contributed by atoms with Gasteiger partial charge in [0.15, 0.2) is 0 Å². The third-order valence-corrected chi connectivity index (χ3v) is 7.67. The van der Waals surface area contributed by atoms with Crippen LogP contribution >= 0.6 is 0 Å². The van der Waals surface area contributed by atoms with E-state index >= 15 is 0 Å². The van der Waals surface area contributed by atoms with Crippen molar-refractivity contribution in [3.8, 4) is 0 Å². The molecule has 0 radical (unpaired) electrons. The summed E-state index contributed by atoms with van der Waals surface area (Å²) in [7, 11) is 0. The fraction of sp³-hybridized carbons (Fsp3) is 0.375. The van der Waals surface area contributed by atoms with Crippen LogP contribution in [0.2, 0.25) is 0 Å². The van der Waals surface area contributed by atoms with E-state index in [-0.39, 0.29) is 12.2 Å². The van der Waals surface area contributed by atoms with E-state index in [0.29, 0.717) is 24.3 Å². The Bertz CT molecular complexity index is 1270. The Labute approximate surface area is 216 Å². The quantitative estimate of drug-likeness (QED) is 0.292. The van der Waals surface area contributed by atoms with Gasteiger partial charge in [0.1, 0.15) is 0 Å². The highest BCUT2D eigenvalue weighted by Crippen LogP contribution is 2.44. The number of hydrogen-bond donors (Lipinski definition) is 0. The number of hydrogen-bond acceptors (Lipinski definition) is 1. The van der Waals surface area contributed by atoms with Gasteiger partial charge in [0.05, 0.1) is 12.2 Å². The molecule has 0 saturated carbocycles. The smallest absolute Gasteiger partial charge is 0.303 e. The largest absolute Gasteiger partial charge is 0.417 e. The summed E-state index contributed by atoms with van der Waals surface area (Å²) in [5, 5.41) is 0. The van der Waals surface area contributed by atoms with Crippen molar-refractivity contribution in [1.29, 1.82) is 0 Å². The second-order valence-electron chi connectivity index (χ2n) is 10.5. The lowest BCUT2D eigenvalue weighted by molar-refractivity contribution is -0.137. The molecule has 2 aliphatic rings. The Hall–Kier alpha value is -2.92. The fourth-order valence-corrected chi connectivity index (χ4v) is 5.89. The maximum absolute atomic E-state index is 14.2. The summed E-state index contributed by atoms with van der Waals surface area (Å²) >= 11 is 0. The molecule has 0 bridgehead atoms. The molecule has 1 fully saturated rings. The molecule has 194 valence electrons. The van der Waals surface area contributed by atoms with Gasteiger partial charge in [-0.05, 0) is 90.0 Å². The first-order valence-corrected chi connectivity index (χ1v) is 13.2. The van der Waals surface area contributed by atoms with Crippen molar-refractivity contribution < 1.29 is 17.6 Å². The highest BCUT2D eigenvalue weighted by molar-refractivity contribution is 6.00. The number of benzene rings is 3. The van der Waals surface area contributed by atoms with Gasteiger partial charge in [-0.3, -0.25) is 4.39 Å². The number of rotatable bonds is 7. The topological polar surface area (TPSA) is 3.24 Å². The summed E-state index contributed by atoms with van der Waals surface area (Å²) in [5.41, 5.74) is 6.42. The molecule has 0 N–H and O–H groups in total. The molecule has 5 heteroatoms. The SMILES string of the molecule is Cc1ccc(C2=C(c3ccc(CC4CN(CCCF)C4)cc3)c3ccccc3CCC2)c(C(F)(F)F)c1. The first kappa shape index (κ1) is 25.7. The zero-order chi connectivity index (χ0) is 26.0. The van der Waals surface area contributed by atoms with Gasteiger partial charge in [0.2, 0.25) is 0 Å². The third-order valence-electron chi connectivity index (χ3n) is 7.67. The zero-order valence-corrected chi connectivity index (χ0v) is 21.3. The Morgan fingerprint density at radius 1 is 0.892 bits per heavy atom. The molecule has 0 unspecified atom stereocenters. The summed E-state index contributed by atoms with van der Waals surface area (Å²) in [4.78, 5) is 2.29. The van der Waals surface area contributed by atoms with Crippen LogP contribution in [-0.2, 0) is 19.0 Å². The van der Waals surface area contributed by atoms with Gasteiger partial charge in [-0.1, -0.05) is 66.2 Å². The maximum atomic E-state index is 14.2. The predicted octanol–water partition coefficient (Wildman–Crippen LogP) is 8.14. The van der Waals surface area contributed by atoms with E-state index in [1.54, 1.807) is 19.1 Å². The molecule has 3 aromatic rings. The minimum Gasteiger partial charge on any atom is -0.303 e. The number of fused-ring (bicyclic) bond motifs is 1. The minimum atomic E-state index is -4.42. The van der Waals surface area contributed by atoms with Gasteiger partial charge in [0, 0.05) is 19.6 Å². The van der Waals surface area contributed by atoms with Gasteiger partial charge >= 0.3 is 6.18 Å². The van der Waals surface area contributed by atoms with Crippen molar-refractivity contribution in [2.24, 2.45) is 5.92 Å². The molecular formula is C32H33F4N. The molecule has 0 atom stereocenters. The van der Waals surface area contributed by atoms with Crippen molar-refractivity contribution in [3.05, 3.63) is 106 Å². The summed E-state index contributed by atoms with van der Waals surface area (Å²) in [5.74, 6) is 0.570. The number of allylic oxidation sites excluding steroid dienone is 1. The molecule has 1 saturated heterocycles. The van der Waals surface area contributed by atoms with E-state index in [0.717, 1.165) is 61.2 Å². The van der Waals surface area contributed by atoms with Gasteiger partial charge in [-0.2, -0.15) is 13.2 Å². The molecule has 0 spiro atoms. The first-order chi connectivity index (χ1) is 17.8. The lowest BCUT2D eigenvalue weighted by atomic mass is 9.85. The van der Waals surface area contributed by atoms with E-state index in [4.69, 9.17) is 0 Å². The van der Waals surface area contributed by atoms with Crippen LogP contribution in [0.15, 0.2) is 66.7 Å². The summed E-state index contributed by atoms with van der Waals surface area (Å²) < 4.78 is 54.9. The van der Waals surface area contributed by atoms with Crippen molar-refractivity contribution in [1.82, 2.24) is 4.90 Å². The maximum Gasteiger partial charge on any atom is 0.417 e. The second kappa shape index (κ2) is 10.8. The monoisotopic (exact) mass is 507 g/mol. The minimum absolute atomic E-state index is 0.267. The van der Waals surface area contributed by atoms with Gasteiger partial charge in [-0.25, -0.2) is 0 Å². The molecule has 1 nitrogen and oxygen atoms in total. The lowest BCUT2D eigenvalue weighted by Crippen LogP contribution is -2.47. The molecule has 0 amide bonds. The molecule has 37 heavy (non-hydrogen) atoms. The number of likely N-dealkylation sites (tertiary alicyclic amines) is 1. The Morgan fingerprint density at radius 2 is 1.65 bits per heavy atom. The van der Waals surface area contributed by atoms with Crippen molar-refractivity contribution in [2.75, 3.05) is 26.3 Å². The molecular weight excluding hydrogens is 474 g/mol. The Kier molecular flexibility index (Phi) is 7.52. The van der Waals surface area contributed by atoms with Crippen LogP contribution in [0.25, 0.3) is 11.1 Å². The summed E-state index contributed by atoms with van der Waals surface area (Å²) in [6, 6.07) is 21.2. The van der Waals surface area contributed by atoms with E-state index in [2.05, 4.69) is 35.2 Å². The van der Waals surface area contributed by atoms with E-state index in [9.17, 15) is 17.6 Å². The van der Waals surface area contributed by atoms with Crippen LogP contribution in [0.4, 0.5) is 17.6 Å². The summed E-state index contributed by atoms with van der Waals surface area (Å²) in [6.07, 6.45) is -0.623. The van der Waals surface area contributed by atoms with E-state index in [1.807, 2.05) is 18.2 Å². The number of aryl methyl sites for hydroxylation is 2.